The van der Waals surface area contributed by atoms with Gasteiger partial charge in [-0.05, 0) is 30.9 Å². The first-order chi connectivity index (χ1) is 10.1. The first kappa shape index (κ1) is 15.6. The highest BCUT2D eigenvalue weighted by Crippen LogP contribution is 2.26. The van der Waals surface area contributed by atoms with Gasteiger partial charge in [-0.1, -0.05) is 29.8 Å². The quantitative estimate of drug-likeness (QED) is 0.896. The van der Waals surface area contributed by atoms with E-state index >= 15 is 0 Å². The summed E-state index contributed by atoms with van der Waals surface area (Å²) in [7, 11) is 0. The molecule has 0 aliphatic carbocycles. The van der Waals surface area contributed by atoms with Gasteiger partial charge in [0.05, 0.1) is 12.5 Å². The van der Waals surface area contributed by atoms with Crippen LogP contribution in [-0.2, 0) is 4.79 Å². The van der Waals surface area contributed by atoms with Crippen molar-refractivity contribution in [2.24, 2.45) is 5.73 Å². The maximum atomic E-state index is 12.4. The Hall–Kier alpha value is -1.75. The standard InChI is InChI=1S/C15H20ClN3O2/c16-12-7-3-2-6-11(12)13(18-15(17)21)10-14(20)19-8-4-1-5-9-19/h2-3,6-7,13H,1,4-5,8-10H2,(H3,17,18,21)/t13-/m1/s1. The first-order valence-electron chi connectivity index (χ1n) is 7.16. The minimum Gasteiger partial charge on any atom is -0.352 e. The minimum absolute atomic E-state index is 0.0216. The van der Waals surface area contributed by atoms with E-state index in [-0.39, 0.29) is 12.3 Å². The van der Waals surface area contributed by atoms with Crippen molar-refractivity contribution in [1.82, 2.24) is 10.2 Å². The first-order valence-corrected chi connectivity index (χ1v) is 7.54. The highest BCUT2D eigenvalue weighted by molar-refractivity contribution is 6.31. The fourth-order valence-electron chi connectivity index (χ4n) is 2.62. The van der Waals surface area contributed by atoms with Crippen LogP contribution in [0.5, 0.6) is 0 Å². The van der Waals surface area contributed by atoms with Crippen LogP contribution in [0.15, 0.2) is 24.3 Å². The normalized spacial score (nSPS) is 16.3. The molecule has 0 saturated carbocycles. The number of benzene rings is 1. The lowest BCUT2D eigenvalue weighted by Gasteiger charge is -2.29. The SMILES string of the molecule is NC(=O)N[C@H](CC(=O)N1CCCCC1)c1ccccc1Cl. The Morgan fingerprint density at radius 1 is 1.24 bits per heavy atom. The second kappa shape index (κ2) is 7.31. The second-order valence-corrected chi connectivity index (χ2v) is 5.64. The molecule has 1 fully saturated rings. The molecule has 0 aromatic heterocycles. The third kappa shape index (κ3) is 4.36. The smallest absolute Gasteiger partial charge is 0.312 e. The van der Waals surface area contributed by atoms with Crippen molar-refractivity contribution in [2.45, 2.75) is 31.7 Å². The van der Waals surface area contributed by atoms with Gasteiger partial charge in [0.2, 0.25) is 5.91 Å². The Balaban J connectivity index is 2.11. The van der Waals surface area contributed by atoms with E-state index < -0.39 is 12.1 Å². The number of nitrogens with one attached hydrogen (secondary N) is 1. The number of likely N-dealkylation sites (tertiary alicyclic amines) is 1. The molecule has 6 heteroatoms. The molecule has 1 aliphatic heterocycles. The number of urea groups is 1. The fourth-order valence-corrected chi connectivity index (χ4v) is 2.88. The number of hydrogen-bond donors (Lipinski definition) is 2. The van der Waals surface area contributed by atoms with Gasteiger partial charge in [0.1, 0.15) is 0 Å². The molecule has 3 amide bonds. The number of hydrogen-bond acceptors (Lipinski definition) is 2. The van der Waals surface area contributed by atoms with E-state index in [1.165, 1.54) is 0 Å². The Morgan fingerprint density at radius 3 is 2.52 bits per heavy atom. The van der Waals surface area contributed by atoms with E-state index in [2.05, 4.69) is 5.32 Å². The molecule has 0 bridgehead atoms. The summed E-state index contributed by atoms with van der Waals surface area (Å²) in [6.45, 7) is 1.56. The van der Waals surface area contributed by atoms with Crippen LogP contribution in [0, 0.1) is 0 Å². The Kier molecular flexibility index (Phi) is 5.44. The monoisotopic (exact) mass is 309 g/mol. The number of rotatable bonds is 4. The van der Waals surface area contributed by atoms with Crippen molar-refractivity contribution in [3.05, 3.63) is 34.9 Å². The molecule has 1 heterocycles. The van der Waals surface area contributed by atoms with Gasteiger partial charge in [0.15, 0.2) is 0 Å². The molecule has 3 N–H and O–H groups in total. The van der Waals surface area contributed by atoms with E-state index in [0.29, 0.717) is 10.6 Å². The zero-order chi connectivity index (χ0) is 15.2. The average Bonchev–Trinajstić information content (AvgIpc) is 2.47. The molecule has 1 aliphatic rings. The highest BCUT2D eigenvalue weighted by Gasteiger charge is 2.23. The number of halogens is 1. The summed E-state index contributed by atoms with van der Waals surface area (Å²) in [6, 6.07) is 6.00. The number of nitrogens with zero attached hydrogens (tertiary/aromatic N) is 1. The van der Waals surface area contributed by atoms with Crippen molar-refractivity contribution in [1.29, 1.82) is 0 Å². The van der Waals surface area contributed by atoms with Gasteiger partial charge < -0.3 is 16.0 Å². The second-order valence-electron chi connectivity index (χ2n) is 5.23. The summed E-state index contributed by atoms with van der Waals surface area (Å²) < 4.78 is 0. The highest BCUT2D eigenvalue weighted by atomic mass is 35.5. The van der Waals surface area contributed by atoms with E-state index in [9.17, 15) is 9.59 Å². The van der Waals surface area contributed by atoms with Crippen LogP contribution >= 0.6 is 11.6 Å². The van der Waals surface area contributed by atoms with Crippen LogP contribution in [-0.4, -0.2) is 29.9 Å². The number of amides is 3. The summed E-state index contributed by atoms with van der Waals surface area (Å²) in [5, 5.41) is 3.13. The zero-order valence-electron chi connectivity index (χ0n) is 11.8. The summed E-state index contributed by atoms with van der Waals surface area (Å²) >= 11 is 6.15. The molecule has 21 heavy (non-hydrogen) atoms. The van der Waals surface area contributed by atoms with Crippen molar-refractivity contribution in [3.8, 4) is 0 Å². The van der Waals surface area contributed by atoms with E-state index in [4.69, 9.17) is 17.3 Å². The number of carbonyl (C=O) groups excluding carboxylic acids is 2. The molecular weight excluding hydrogens is 290 g/mol. The van der Waals surface area contributed by atoms with Crippen LogP contribution in [0.25, 0.3) is 0 Å². The summed E-state index contributed by atoms with van der Waals surface area (Å²) in [6.07, 6.45) is 3.40. The van der Waals surface area contributed by atoms with Crippen molar-refractivity contribution in [2.75, 3.05) is 13.1 Å². The van der Waals surface area contributed by atoms with E-state index in [1.54, 1.807) is 18.2 Å². The van der Waals surface area contributed by atoms with Gasteiger partial charge >= 0.3 is 6.03 Å². The van der Waals surface area contributed by atoms with E-state index in [1.807, 2.05) is 11.0 Å². The van der Waals surface area contributed by atoms with Crippen LogP contribution in [0.2, 0.25) is 5.02 Å². The number of primary amides is 1. The van der Waals surface area contributed by atoms with Crippen LogP contribution in [0.1, 0.15) is 37.3 Å². The minimum atomic E-state index is -0.661. The van der Waals surface area contributed by atoms with Crippen molar-refractivity contribution < 1.29 is 9.59 Å². The predicted octanol–water partition coefficient (Wildman–Crippen LogP) is 2.45. The molecule has 1 atom stereocenters. The maximum Gasteiger partial charge on any atom is 0.312 e. The van der Waals surface area contributed by atoms with Crippen LogP contribution in [0.3, 0.4) is 0 Å². The lowest BCUT2D eigenvalue weighted by Crippen LogP contribution is -2.40. The lowest BCUT2D eigenvalue weighted by molar-refractivity contribution is -0.132. The molecule has 0 spiro atoms. The molecule has 0 unspecified atom stereocenters. The fraction of sp³-hybridized carbons (Fsp3) is 0.467. The lowest BCUT2D eigenvalue weighted by atomic mass is 10.0. The molecular formula is C15H20ClN3O2. The average molecular weight is 310 g/mol. The topological polar surface area (TPSA) is 75.4 Å². The van der Waals surface area contributed by atoms with Crippen molar-refractivity contribution in [3.63, 3.8) is 0 Å². The van der Waals surface area contributed by atoms with Gasteiger partial charge in [-0.2, -0.15) is 0 Å². The van der Waals surface area contributed by atoms with Crippen LogP contribution < -0.4 is 11.1 Å². The zero-order valence-corrected chi connectivity index (χ0v) is 12.6. The molecule has 5 nitrogen and oxygen atoms in total. The molecule has 1 aromatic carbocycles. The van der Waals surface area contributed by atoms with Gasteiger partial charge in [0, 0.05) is 18.1 Å². The largest absolute Gasteiger partial charge is 0.352 e. The van der Waals surface area contributed by atoms with Crippen molar-refractivity contribution >= 4 is 23.5 Å². The number of carbonyl (C=O) groups is 2. The third-order valence-corrected chi connectivity index (χ3v) is 4.03. The predicted molar refractivity (Wildman–Crippen MR) is 82.0 cm³/mol. The Morgan fingerprint density at radius 2 is 1.90 bits per heavy atom. The maximum absolute atomic E-state index is 12.4. The molecule has 114 valence electrons. The Labute approximate surface area is 129 Å². The third-order valence-electron chi connectivity index (χ3n) is 3.68. The van der Waals surface area contributed by atoms with Gasteiger partial charge in [-0.3, -0.25) is 4.79 Å². The summed E-state index contributed by atoms with van der Waals surface area (Å²) in [5.74, 6) is 0.0216. The Bertz CT molecular complexity index is 515. The number of nitrogens with two attached hydrogens (primary N) is 1. The van der Waals surface area contributed by atoms with Gasteiger partial charge in [-0.15, -0.1) is 0 Å². The van der Waals surface area contributed by atoms with Gasteiger partial charge in [-0.25, -0.2) is 4.79 Å². The summed E-state index contributed by atoms with van der Waals surface area (Å²) in [5.41, 5.74) is 5.93. The van der Waals surface area contributed by atoms with Gasteiger partial charge in [0.25, 0.3) is 0 Å². The van der Waals surface area contributed by atoms with Crippen LogP contribution in [0.4, 0.5) is 4.79 Å². The summed E-state index contributed by atoms with van der Waals surface area (Å²) in [4.78, 5) is 25.4. The number of piperidine rings is 1. The molecule has 2 rings (SSSR count). The molecule has 1 aromatic rings. The molecule has 1 saturated heterocycles. The molecule has 0 radical (unpaired) electrons. The van der Waals surface area contributed by atoms with E-state index in [0.717, 1.165) is 32.4 Å².